The van der Waals surface area contributed by atoms with Crippen LogP contribution in [0.4, 0.5) is 0 Å². The number of hydrogen-bond donors (Lipinski definition) is 2. The number of aromatic amines is 1. The molecule has 1 aromatic carbocycles. The molecule has 3 aromatic rings. The molecule has 0 radical (unpaired) electrons. The second-order valence-electron chi connectivity index (χ2n) is 8.48. The minimum atomic E-state index is -0.120. The van der Waals surface area contributed by atoms with Crippen molar-refractivity contribution in [2.24, 2.45) is 5.92 Å². The zero-order valence-corrected chi connectivity index (χ0v) is 16.8. The van der Waals surface area contributed by atoms with E-state index in [-0.39, 0.29) is 23.4 Å². The average molecular weight is 379 g/mol. The van der Waals surface area contributed by atoms with E-state index >= 15 is 0 Å². The molecule has 148 valence electrons. The fraction of sp³-hybridized carbons (Fsp3) is 0.478. The van der Waals surface area contributed by atoms with Crippen LogP contribution in [0.1, 0.15) is 64.2 Å². The molecule has 0 saturated heterocycles. The van der Waals surface area contributed by atoms with Crippen molar-refractivity contribution in [1.29, 1.82) is 0 Å². The minimum Gasteiger partial charge on any atom is -0.348 e. The Labute approximate surface area is 166 Å². The zero-order valence-electron chi connectivity index (χ0n) is 16.8. The van der Waals surface area contributed by atoms with Gasteiger partial charge in [-0.05, 0) is 43.0 Å². The Morgan fingerprint density at radius 3 is 2.54 bits per heavy atom. The first-order valence-corrected chi connectivity index (χ1v) is 10.4. The van der Waals surface area contributed by atoms with Crippen LogP contribution in [0, 0.1) is 5.92 Å². The van der Waals surface area contributed by atoms with Crippen LogP contribution in [0.15, 0.2) is 48.8 Å². The van der Waals surface area contributed by atoms with Gasteiger partial charge in [0.2, 0.25) is 5.91 Å². The lowest BCUT2D eigenvalue weighted by molar-refractivity contribution is -0.124. The molecule has 5 nitrogen and oxygen atoms in total. The SMILES string of the molecule is CC(C)C(NC(=O)CC1(n2cccc2)CCCCC1)c1nc2ccccc2[nH]1. The first-order valence-electron chi connectivity index (χ1n) is 10.4. The van der Waals surface area contributed by atoms with E-state index in [1.54, 1.807) is 0 Å². The summed E-state index contributed by atoms with van der Waals surface area (Å²) in [5.74, 6) is 1.19. The highest BCUT2D eigenvalue weighted by Gasteiger charge is 2.36. The Bertz CT molecular complexity index is 886. The number of hydrogen-bond acceptors (Lipinski definition) is 2. The van der Waals surface area contributed by atoms with Gasteiger partial charge in [-0.15, -0.1) is 0 Å². The molecule has 0 spiro atoms. The molecule has 1 fully saturated rings. The summed E-state index contributed by atoms with van der Waals surface area (Å²) in [7, 11) is 0. The third-order valence-corrected chi connectivity index (χ3v) is 6.11. The molecule has 1 atom stereocenters. The summed E-state index contributed by atoms with van der Waals surface area (Å²) in [4.78, 5) is 21.3. The van der Waals surface area contributed by atoms with Crippen LogP contribution in [0.3, 0.4) is 0 Å². The zero-order chi connectivity index (χ0) is 19.6. The molecule has 4 rings (SSSR count). The Kier molecular flexibility index (Phi) is 5.25. The molecule has 1 saturated carbocycles. The van der Waals surface area contributed by atoms with Crippen molar-refractivity contribution >= 4 is 16.9 Å². The van der Waals surface area contributed by atoms with Gasteiger partial charge in [0.15, 0.2) is 0 Å². The van der Waals surface area contributed by atoms with Crippen LogP contribution in [-0.4, -0.2) is 20.4 Å². The van der Waals surface area contributed by atoms with Gasteiger partial charge < -0.3 is 14.9 Å². The van der Waals surface area contributed by atoms with Gasteiger partial charge >= 0.3 is 0 Å². The topological polar surface area (TPSA) is 62.7 Å². The maximum absolute atomic E-state index is 13.1. The fourth-order valence-corrected chi connectivity index (χ4v) is 4.58. The fourth-order valence-electron chi connectivity index (χ4n) is 4.58. The van der Waals surface area contributed by atoms with E-state index in [0.29, 0.717) is 6.42 Å². The van der Waals surface area contributed by atoms with Crippen LogP contribution in [0.25, 0.3) is 11.0 Å². The van der Waals surface area contributed by atoms with E-state index in [1.165, 1.54) is 19.3 Å². The number of benzene rings is 1. The number of nitrogens with one attached hydrogen (secondary N) is 2. The van der Waals surface area contributed by atoms with Gasteiger partial charge in [0.1, 0.15) is 5.82 Å². The lowest BCUT2D eigenvalue weighted by Crippen LogP contribution is -2.42. The first-order chi connectivity index (χ1) is 13.6. The molecule has 1 aliphatic carbocycles. The normalized spacial score (nSPS) is 17.7. The predicted octanol–water partition coefficient (Wildman–Crippen LogP) is 4.93. The van der Waals surface area contributed by atoms with Gasteiger partial charge in [-0.2, -0.15) is 0 Å². The van der Waals surface area contributed by atoms with Gasteiger partial charge in [-0.1, -0.05) is 45.2 Å². The maximum Gasteiger partial charge on any atom is 0.222 e. The standard InChI is InChI=1S/C23H30N4O/c1-17(2)21(22-24-18-10-4-5-11-19(18)25-22)26-20(28)16-23(12-6-3-7-13-23)27-14-8-9-15-27/h4-5,8-11,14-15,17,21H,3,6-7,12-13,16H2,1-2H3,(H,24,25)(H,26,28). The number of H-pyrrole nitrogens is 1. The number of rotatable bonds is 6. The van der Waals surface area contributed by atoms with E-state index in [4.69, 9.17) is 4.98 Å². The van der Waals surface area contributed by atoms with Crippen LogP contribution in [-0.2, 0) is 10.3 Å². The second kappa shape index (κ2) is 7.82. The van der Waals surface area contributed by atoms with Gasteiger partial charge in [-0.25, -0.2) is 4.98 Å². The summed E-state index contributed by atoms with van der Waals surface area (Å²) < 4.78 is 2.26. The highest BCUT2D eigenvalue weighted by molar-refractivity contribution is 5.78. The lowest BCUT2D eigenvalue weighted by atomic mass is 9.78. The first kappa shape index (κ1) is 18.8. The smallest absolute Gasteiger partial charge is 0.222 e. The third kappa shape index (κ3) is 3.71. The lowest BCUT2D eigenvalue weighted by Gasteiger charge is -2.39. The molecule has 5 heteroatoms. The Morgan fingerprint density at radius 2 is 1.86 bits per heavy atom. The van der Waals surface area contributed by atoms with Crippen LogP contribution in [0.5, 0.6) is 0 Å². The maximum atomic E-state index is 13.1. The van der Waals surface area contributed by atoms with E-state index in [0.717, 1.165) is 29.7 Å². The summed E-state index contributed by atoms with van der Waals surface area (Å²) >= 11 is 0. The second-order valence-corrected chi connectivity index (χ2v) is 8.48. The summed E-state index contributed by atoms with van der Waals surface area (Å²) in [6, 6.07) is 12.0. The molecule has 1 amide bonds. The van der Waals surface area contributed by atoms with Crippen molar-refractivity contribution in [2.45, 2.75) is 64.0 Å². The Hall–Kier alpha value is -2.56. The minimum absolute atomic E-state index is 0.0960. The van der Waals surface area contributed by atoms with Crippen molar-refractivity contribution in [1.82, 2.24) is 19.9 Å². The number of fused-ring (bicyclic) bond motifs is 1. The van der Waals surface area contributed by atoms with Crippen molar-refractivity contribution in [3.8, 4) is 0 Å². The Balaban J connectivity index is 1.54. The number of carbonyl (C=O) groups is 1. The summed E-state index contributed by atoms with van der Waals surface area (Å²) in [5, 5.41) is 3.28. The van der Waals surface area contributed by atoms with Crippen molar-refractivity contribution in [3.63, 3.8) is 0 Å². The third-order valence-electron chi connectivity index (χ3n) is 6.11. The van der Waals surface area contributed by atoms with Crippen LogP contribution >= 0.6 is 0 Å². The van der Waals surface area contributed by atoms with E-state index in [2.05, 4.69) is 53.2 Å². The quantitative estimate of drug-likeness (QED) is 0.639. The van der Waals surface area contributed by atoms with E-state index in [1.807, 2.05) is 24.3 Å². The summed E-state index contributed by atoms with van der Waals surface area (Å²) in [6.45, 7) is 4.25. The highest BCUT2D eigenvalue weighted by Crippen LogP contribution is 2.38. The molecule has 0 bridgehead atoms. The average Bonchev–Trinajstić information content (AvgIpc) is 3.36. The molecule has 2 N–H and O–H groups in total. The van der Waals surface area contributed by atoms with Gasteiger partial charge in [0, 0.05) is 12.4 Å². The molecule has 28 heavy (non-hydrogen) atoms. The number of nitrogens with zero attached hydrogens (tertiary/aromatic N) is 2. The van der Waals surface area contributed by atoms with Gasteiger partial charge in [-0.3, -0.25) is 4.79 Å². The van der Waals surface area contributed by atoms with Crippen molar-refractivity contribution < 1.29 is 4.79 Å². The molecule has 1 unspecified atom stereocenters. The molecule has 2 heterocycles. The number of aromatic nitrogens is 3. The monoisotopic (exact) mass is 378 g/mol. The molecule has 2 aromatic heterocycles. The molecule has 1 aliphatic rings. The molecule has 0 aliphatic heterocycles. The van der Waals surface area contributed by atoms with Crippen molar-refractivity contribution in [3.05, 3.63) is 54.6 Å². The Morgan fingerprint density at radius 1 is 1.14 bits per heavy atom. The molecular weight excluding hydrogens is 348 g/mol. The van der Waals surface area contributed by atoms with E-state index < -0.39 is 0 Å². The summed E-state index contributed by atoms with van der Waals surface area (Å²) in [6.07, 6.45) is 10.5. The summed E-state index contributed by atoms with van der Waals surface area (Å²) in [5.41, 5.74) is 1.85. The van der Waals surface area contributed by atoms with Crippen molar-refractivity contribution in [2.75, 3.05) is 0 Å². The number of amides is 1. The molecular formula is C23H30N4O. The number of para-hydroxylation sites is 2. The van der Waals surface area contributed by atoms with Gasteiger partial charge in [0.25, 0.3) is 0 Å². The van der Waals surface area contributed by atoms with Crippen LogP contribution < -0.4 is 5.32 Å². The van der Waals surface area contributed by atoms with E-state index in [9.17, 15) is 4.79 Å². The van der Waals surface area contributed by atoms with Crippen LogP contribution in [0.2, 0.25) is 0 Å². The largest absolute Gasteiger partial charge is 0.348 e. The number of imidazole rings is 1. The number of carbonyl (C=O) groups excluding carboxylic acids is 1. The van der Waals surface area contributed by atoms with Gasteiger partial charge in [0.05, 0.1) is 29.0 Å². The predicted molar refractivity (Wildman–Crippen MR) is 112 cm³/mol. The highest BCUT2D eigenvalue weighted by atomic mass is 16.1.